The van der Waals surface area contributed by atoms with Crippen LogP contribution in [0.5, 0.6) is 0 Å². The molecule has 7 heteroatoms. The molecule has 1 fully saturated rings. The highest BCUT2D eigenvalue weighted by molar-refractivity contribution is 8.00. The van der Waals surface area contributed by atoms with Gasteiger partial charge >= 0.3 is 11.5 Å². The average Bonchev–Trinajstić information content (AvgIpc) is 2.05. The van der Waals surface area contributed by atoms with Gasteiger partial charge in [-0.05, 0) is 17.7 Å². The van der Waals surface area contributed by atoms with Crippen LogP contribution >= 0.6 is 11.8 Å². The number of likely N-dealkylation sites (tertiary alicyclic amines) is 1. The SMILES string of the molecule is CC(C(=O)O)C1CN(CCSC(F)(F)F)C1. The third-order valence-corrected chi connectivity index (χ3v) is 3.47. The van der Waals surface area contributed by atoms with Crippen LogP contribution in [0.1, 0.15) is 6.92 Å². The summed E-state index contributed by atoms with van der Waals surface area (Å²) >= 11 is -0.0309. The van der Waals surface area contributed by atoms with Gasteiger partial charge in [0, 0.05) is 25.4 Å². The number of carbonyl (C=O) groups is 1. The number of rotatable bonds is 5. The molecule has 1 rings (SSSR count). The maximum Gasteiger partial charge on any atom is 0.441 e. The van der Waals surface area contributed by atoms with E-state index >= 15 is 0 Å². The number of hydrogen-bond donors (Lipinski definition) is 1. The summed E-state index contributed by atoms with van der Waals surface area (Å²) < 4.78 is 35.4. The van der Waals surface area contributed by atoms with Gasteiger partial charge in [0.2, 0.25) is 0 Å². The molecule has 1 saturated heterocycles. The first-order chi connectivity index (χ1) is 7.29. The third kappa shape index (κ3) is 4.21. The summed E-state index contributed by atoms with van der Waals surface area (Å²) in [6.45, 7) is 3.18. The molecule has 1 aliphatic rings. The van der Waals surface area contributed by atoms with Crippen LogP contribution in [0.25, 0.3) is 0 Å². The molecular weight excluding hydrogens is 243 g/mol. The highest BCUT2D eigenvalue weighted by Gasteiger charge is 2.35. The number of thioether (sulfide) groups is 1. The molecule has 94 valence electrons. The molecule has 0 amide bonds. The van der Waals surface area contributed by atoms with Crippen LogP contribution < -0.4 is 0 Å². The molecule has 3 nitrogen and oxygen atoms in total. The predicted molar refractivity (Wildman–Crippen MR) is 55.2 cm³/mol. The van der Waals surface area contributed by atoms with Gasteiger partial charge in [0.05, 0.1) is 5.92 Å². The van der Waals surface area contributed by atoms with Crippen molar-refractivity contribution in [3.05, 3.63) is 0 Å². The van der Waals surface area contributed by atoms with E-state index in [1.807, 2.05) is 4.90 Å². The van der Waals surface area contributed by atoms with Gasteiger partial charge in [-0.3, -0.25) is 4.79 Å². The van der Waals surface area contributed by atoms with Gasteiger partial charge in [-0.25, -0.2) is 0 Å². The van der Waals surface area contributed by atoms with Crippen molar-refractivity contribution in [2.75, 3.05) is 25.4 Å². The number of aliphatic carboxylic acids is 1. The van der Waals surface area contributed by atoms with E-state index in [0.717, 1.165) is 0 Å². The lowest BCUT2D eigenvalue weighted by molar-refractivity contribution is -0.145. The molecule has 1 unspecified atom stereocenters. The van der Waals surface area contributed by atoms with E-state index in [4.69, 9.17) is 5.11 Å². The van der Waals surface area contributed by atoms with E-state index in [0.29, 0.717) is 19.6 Å². The Morgan fingerprint density at radius 2 is 2.12 bits per heavy atom. The molecular formula is C9H14F3NO2S. The van der Waals surface area contributed by atoms with Gasteiger partial charge < -0.3 is 10.0 Å². The molecule has 0 bridgehead atoms. The van der Waals surface area contributed by atoms with Crippen molar-refractivity contribution in [1.29, 1.82) is 0 Å². The minimum Gasteiger partial charge on any atom is -0.481 e. The second-order valence-electron chi connectivity index (χ2n) is 3.94. The van der Waals surface area contributed by atoms with Crippen molar-refractivity contribution in [3.63, 3.8) is 0 Å². The number of carboxylic acid groups (broad SMARTS) is 1. The number of alkyl halides is 3. The second kappa shape index (κ2) is 5.27. The quantitative estimate of drug-likeness (QED) is 0.816. The summed E-state index contributed by atoms with van der Waals surface area (Å²) in [5.74, 6) is -1.16. The van der Waals surface area contributed by atoms with Crippen LogP contribution in [0.15, 0.2) is 0 Å². The summed E-state index contributed by atoms with van der Waals surface area (Å²) in [7, 11) is 0. The summed E-state index contributed by atoms with van der Waals surface area (Å²) in [5.41, 5.74) is -4.17. The second-order valence-corrected chi connectivity index (χ2v) is 5.10. The molecule has 0 aromatic carbocycles. The standard InChI is InChI=1S/C9H14F3NO2S/c1-6(8(14)15)7-4-13(5-7)2-3-16-9(10,11)12/h6-7H,2-5H2,1H3,(H,14,15). The van der Waals surface area contributed by atoms with Crippen LogP contribution in [0.2, 0.25) is 0 Å². The predicted octanol–water partition coefficient (Wildman–Crippen LogP) is 1.89. The van der Waals surface area contributed by atoms with Gasteiger partial charge in [0.15, 0.2) is 0 Å². The van der Waals surface area contributed by atoms with Crippen molar-refractivity contribution in [2.45, 2.75) is 12.4 Å². The molecule has 1 N–H and O–H groups in total. The maximum atomic E-state index is 11.8. The molecule has 16 heavy (non-hydrogen) atoms. The smallest absolute Gasteiger partial charge is 0.441 e. The third-order valence-electron chi connectivity index (χ3n) is 2.76. The zero-order valence-electron chi connectivity index (χ0n) is 8.83. The zero-order valence-corrected chi connectivity index (χ0v) is 9.64. The van der Waals surface area contributed by atoms with Crippen molar-refractivity contribution in [1.82, 2.24) is 4.90 Å². The maximum absolute atomic E-state index is 11.8. The lowest BCUT2D eigenvalue weighted by Gasteiger charge is -2.41. The van der Waals surface area contributed by atoms with E-state index in [9.17, 15) is 18.0 Å². The summed E-state index contributed by atoms with van der Waals surface area (Å²) in [6.07, 6.45) is 0. The summed E-state index contributed by atoms with van der Waals surface area (Å²) in [5, 5.41) is 8.72. The lowest BCUT2D eigenvalue weighted by atomic mass is 9.87. The first-order valence-electron chi connectivity index (χ1n) is 4.95. The molecule has 0 spiro atoms. The van der Waals surface area contributed by atoms with E-state index in [1.54, 1.807) is 6.92 Å². The molecule has 0 aromatic heterocycles. The van der Waals surface area contributed by atoms with Crippen molar-refractivity contribution < 1.29 is 23.1 Å². The van der Waals surface area contributed by atoms with Crippen LogP contribution in [-0.2, 0) is 4.79 Å². The number of nitrogens with zero attached hydrogens (tertiary/aromatic N) is 1. The molecule has 0 aromatic rings. The molecule has 0 radical (unpaired) electrons. The topological polar surface area (TPSA) is 40.5 Å². The van der Waals surface area contributed by atoms with E-state index in [2.05, 4.69) is 0 Å². The monoisotopic (exact) mass is 257 g/mol. The Labute approximate surface area is 96.0 Å². The summed E-state index contributed by atoms with van der Waals surface area (Å²) in [6, 6.07) is 0. The van der Waals surface area contributed by atoms with E-state index in [-0.39, 0.29) is 23.4 Å². The fourth-order valence-electron chi connectivity index (χ4n) is 1.60. The minimum absolute atomic E-state index is 0.0116. The first-order valence-corrected chi connectivity index (χ1v) is 5.94. The van der Waals surface area contributed by atoms with Gasteiger partial charge in [-0.1, -0.05) is 6.92 Å². The Bertz CT molecular complexity index is 254. The molecule has 1 aliphatic heterocycles. The Morgan fingerprint density at radius 1 is 1.56 bits per heavy atom. The van der Waals surface area contributed by atoms with Crippen molar-refractivity contribution in [2.24, 2.45) is 11.8 Å². The van der Waals surface area contributed by atoms with Crippen LogP contribution in [-0.4, -0.2) is 46.9 Å². The first kappa shape index (κ1) is 13.6. The van der Waals surface area contributed by atoms with Gasteiger partial charge in [-0.15, -0.1) is 0 Å². The zero-order chi connectivity index (χ0) is 12.3. The minimum atomic E-state index is -4.17. The molecule has 0 saturated carbocycles. The van der Waals surface area contributed by atoms with Gasteiger partial charge in [0.25, 0.3) is 0 Å². The van der Waals surface area contributed by atoms with E-state index in [1.165, 1.54) is 0 Å². The largest absolute Gasteiger partial charge is 0.481 e. The Kier molecular flexibility index (Phi) is 4.49. The van der Waals surface area contributed by atoms with Crippen LogP contribution in [0, 0.1) is 11.8 Å². The van der Waals surface area contributed by atoms with Crippen molar-refractivity contribution in [3.8, 4) is 0 Å². The Hall–Kier alpha value is -0.430. The van der Waals surface area contributed by atoms with Crippen LogP contribution in [0.3, 0.4) is 0 Å². The fourth-order valence-corrected chi connectivity index (χ4v) is 2.18. The molecule has 1 atom stereocenters. The Balaban J connectivity index is 2.11. The molecule has 0 aliphatic carbocycles. The van der Waals surface area contributed by atoms with E-state index < -0.39 is 17.4 Å². The summed E-state index contributed by atoms with van der Waals surface area (Å²) in [4.78, 5) is 12.5. The highest BCUT2D eigenvalue weighted by atomic mass is 32.2. The normalized spacial score (nSPS) is 20.5. The number of carboxylic acids is 1. The fraction of sp³-hybridized carbons (Fsp3) is 0.889. The van der Waals surface area contributed by atoms with Gasteiger partial charge in [0.1, 0.15) is 0 Å². The van der Waals surface area contributed by atoms with Crippen LogP contribution in [0.4, 0.5) is 13.2 Å². The van der Waals surface area contributed by atoms with Gasteiger partial charge in [-0.2, -0.15) is 13.2 Å². The molecule has 1 heterocycles. The Morgan fingerprint density at radius 3 is 2.56 bits per heavy atom. The highest BCUT2D eigenvalue weighted by Crippen LogP contribution is 2.31. The lowest BCUT2D eigenvalue weighted by Crippen LogP contribution is -2.51. The number of hydrogen-bond acceptors (Lipinski definition) is 3. The van der Waals surface area contributed by atoms with Crippen molar-refractivity contribution >= 4 is 17.7 Å². The average molecular weight is 257 g/mol. The number of halogens is 3.